The van der Waals surface area contributed by atoms with Gasteiger partial charge in [0.15, 0.2) is 0 Å². The molecule has 1 atom stereocenters. The third-order valence-electron chi connectivity index (χ3n) is 4.46. The Labute approximate surface area is 170 Å². The molecule has 146 valence electrons. The molecule has 1 aliphatic rings. The van der Waals surface area contributed by atoms with E-state index in [4.69, 9.17) is 0 Å². The average Bonchev–Trinajstić information content (AvgIpc) is 3.18. The molecule has 1 N–H and O–H groups in total. The normalized spacial score (nSPS) is 16.5. The third kappa shape index (κ3) is 4.62. The van der Waals surface area contributed by atoms with Gasteiger partial charge in [-0.2, -0.15) is 5.10 Å². The molecule has 0 bridgehead atoms. The van der Waals surface area contributed by atoms with Crippen LogP contribution < -0.4 is 5.43 Å². The lowest BCUT2D eigenvalue weighted by Gasteiger charge is -2.29. The Bertz CT molecular complexity index is 819. The zero-order chi connectivity index (χ0) is 20.1. The second kappa shape index (κ2) is 8.61. The number of amides is 2. The molecule has 1 heterocycles. The number of nitrogens with one attached hydrogen (secondary N) is 1. The van der Waals surface area contributed by atoms with E-state index < -0.39 is 11.5 Å². The van der Waals surface area contributed by atoms with Gasteiger partial charge in [0.25, 0.3) is 5.91 Å². The van der Waals surface area contributed by atoms with Gasteiger partial charge >= 0.3 is 0 Å². The first-order valence-electron chi connectivity index (χ1n) is 9.25. The zero-order valence-electron chi connectivity index (χ0n) is 16.4. The Morgan fingerprint density at radius 2 is 1.54 bits per heavy atom. The summed E-state index contributed by atoms with van der Waals surface area (Å²) in [6.45, 7) is 5.61. The number of carbonyl (C=O) groups excluding carboxylic acids is 2. The maximum absolute atomic E-state index is 12.8. The molecule has 28 heavy (non-hydrogen) atoms. The summed E-state index contributed by atoms with van der Waals surface area (Å²) < 4.78 is 0. The second-order valence-electron chi connectivity index (χ2n) is 7.71. The molecule has 2 aromatic carbocycles. The molecular weight excluding hydrogens is 370 g/mol. The fraction of sp³-hybridized carbons (Fsp3) is 0.318. The van der Waals surface area contributed by atoms with Crippen LogP contribution in [-0.2, 0) is 9.59 Å². The van der Waals surface area contributed by atoms with Crippen molar-refractivity contribution in [1.82, 2.24) is 10.3 Å². The van der Waals surface area contributed by atoms with Gasteiger partial charge in [0.1, 0.15) is 6.04 Å². The van der Waals surface area contributed by atoms with Gasteiger partial charge in [-0.05, 0) is 0 Å². The van der Waals surface area contributed by atoms with Crippen LogP contribution in [0.5, 0.6) is 0 Å². The lowest BCUT2D eigenvalue weighted by atomic mass is 9.94. The summed E-state index contributed by atoms with van der Waals surface area (Å²) in [5.41, 5.74) is 4.70. The molecule has 5 nitrogen and oxygen atoms in total. The average molecular weight is 396 g/mol. The predicted octanol–water partition coefficient (Wildman–Crippen LogP) is 3.50. The molecule has 0 radical (unpaired) electrons. The van der Waals surface area contributed by atoms with Crippen molar-refractivity contribution in [2.45, 2.75) is 26.8 Å². The fourth-order valence-electron chi connectivity index (χ4n) is 2.96. The summed E-state index contributed by atoms with van der Waals surface area (Å²) in [5, 5.41) is 4.43. The van der Waals surface area contributed by atoms with Crippen molar-refractivity contribution in [1.29, 1.82) is 0 Å². The van der Waals surface area contributed by atoms with Crippen LogP contribution in [-0.4, -0.2) is 40.1 Å². The van der Waals surface area contributed by atoms with E-state index >= 15 is 0 Å². The van der Waals surface area contributed by atoms with Crippen molar-refractivity contribution >= 4 is 29.3 Å². The van der Waals surface area contributed by atoms with Crippen molar-refractivity contribution in [3.63, 3.8) is 0 Å². The Kier molecular flexibility index (Phi) is 6.19. The van der Waals surface area contributed by atoms with Crippen molar-refractivity contribution in [2.24, 2.45) is 10.5 Å². The highest BCUT2D eigenvalue weighted by Gasteiger charge is 2.39. The van der Waals surface area contributed by atoms with Gasteiger partial charge < -0.3 is 4.90 Å². The molecule has 6 heteroatoms. The van der Waals surface area contributed by atoms with Gasteiger partial charge in [0.05, 0.1) is 11.6 Å². The molecule has 1 unspecified atom stereocenters. The smallest absolute Gasteiger partial charge is 0.263 e. The highest BCUT2D eigenvalue weighted by atomic mass is 32.2. The van der Waals surface area contributed by atoms with Gasteiger partial charge in [-0.3, -0.25) is 9.59 Å². The van der Waals surface area contributed by atoms with E-state index in [0.29, 0.717) is 17.3 Å². The Morgan fingerprint density at radius 1 is 1.00 bits per heavy atom. The van der Waals surface area contributed by atoms with E-state index in [0.717, 1.165) is 11.1 Å². The number of hydrogen-bond acceptors (Lipinski definition) is 4. The summed E-state index contributed by atoms with van der Waals surface area (Å²) in [6, 6.07) is 19.0. The van der Waals surface area contributed by atoms with E-state index in [1.807, 2.05) is 81.4 Å². The Morgan fingerprint density at radius 3 is 2.04 bits per heavy atom. The van der Waals surface area contributed by atoms with Crippen LogP contribution in [0.3, 0.4) is 0 Å². The molecule has 0 aromatic heterocycles. The fourth-order valence-corrected chi connectivity index (χ4v) is 4.12. The molecule has 1 saturated heterocycles. The molecule has 0 aliphatic carbocycles. The Balaban J connectivity index is 1.83. The molecule has 1 aliphatic heterocycles. The quantitative estimate of drug-likeness (QED) is 0.637. The van der Waals surface area contributed by atoms with E-state index in [9.17, 15) is 9.59 Å². The van der Waals surface area contributed by atoms with E-state index in [2.05, 4.69) is 10.5 Å². The highest BCUT2D eigenvalue weighted by molar-refractivity contribution is 7.99. The lowest BCUT2D eigenvalue weighted by molar-refractivity contribution is -0.144. The monoisotopic (exact) mass is 395 g/mol. The van der Waals surface area contributed by atoms with Crippen LogP contribution in [0, 0.1) is 5.41 Å². The van der Waals surface area contributed by atoms with Crippen molar-refractivity contribution < 1.29 is 9.59 Å². The first-order valence-corrected chi connectivity index (χ1v) is 10.4. The molecule has 1 fully saturated rings. The molecule has 2 amide bonds. The molecule has 0 spiro atoms. The predicted molar refractivity (Wildman–Crippen MR) is 114 cm³/mol. The van der Waals surface area contributed by atoms with Crippen molar-refractivity contribution in [3.8, 4) is 0 Å². The van der Waals surface area contributed by atoms with Gasteiger partial charge in [0.2, 0.25) is 5.91 Å². The summed E-state index contributed by atoms with van der Waals surface area (Å²) >= 11 is 1.59. The number of hydrogen-bond donors (Lipinski definition) is 1. The van der Waals surface area contributed by atoms with Gasteiger partial charge in [0, 0.05) is 22.3 Å². The second-order valence-corrected chi connectivity index (χ2v) is 8.71. The minimum Gasteiger partial charge on any atom is -0.320 e. The first-order chi connectivity index (χ1) is 13.4. The van der Waals surface area contributed by atoms with Crippen LogP contribution in [0.25, 0.3) is 0 Å². The molecule has 0 saturated carbocycles. The maximum atomic E-state index is 12.8. The topological polar surface area (TPSA) is 61.8 Å². The van der Waals surface area contributed by atoms with Gasteiger partial charge in [-0.25, -0.2) is 5.43 Å². The summed E-state index contributed by atoms with van der Waals surface area (Å²) in [4.78, 5) is 27.1. The van der Waals surface area contributed by atoms with E-state index in [-0.39, 0.29) is 11.8 Å². The van der Waals surface area contributed by atoms with Crippen LogP contribution in [0.15, 0.2) is 65.8 Å². The minimum atomic E-state index is -0.522. The third-order valence-corrected chi connectivity index (χ3v) is 5.47. The van der Waals surface area contributed by atoms with Crippen molar-refractivity contribution in [2.75, 3.05) is 11.6 Å². The SMILES string of the molecule is CC(C)(C)C(=O)N1CSCC1C(=O)NN=C(c1ccccc1)c1ccccc1. The van der Waals surface area contributed by atoms with Crippen LogP contribution in [0.1, 0.15) is 31.9 Å². The Hall–Kier alpha value is -2.60. The first kappa shape index (κ1) is 20.1. The molecule has 3 rings (SSSR count). The maximum Gasteiger partial charge on any atom is 0.263 e. The summed E-state index contributed by atoms with van der Waals surface area (Å²) in [6.07, 6.45) is 0. The number of nitrogens with zero attached hydrogens (tertiary/aromatic N) is 2. The largest absolute Gasteiger partial charge is 0.320 e. The van der Waals surface area contributed by atoms with Crippen molar-refractivity contribution in [3.05, 3.63) is 71.8 Å². The van der Waals surface area contributed by atoms with Gasteiger partial charge in [-0.15, -0.1) is 11.8 Å². The number of hydrazone groups is 1. The zero-order valence-corrected chi connectivity index (χ0v) is 17.2. The number of benzene rings is 2. The summed E-state index contributed by atoms with van der Waals surface area (Å²) in [5.74, 6) is 0.831. The highest BCUT2D eigenvalue weighted by Crippen LogP contribution is 2.27. The molecule has 2 aromatic rings. The van der Waals surface area contributed by atoms with E-state index in [1.54, 1.807) is 16.7 Å². The molecular formula is C22H25N3O2S. The van der Waals surface area contributed by atoms with Crippen LogP contribution >= 0.6 is 11.8 Å². The summed E-state index contributed by atoms with van der Waals surface area (Å²) in [7, 11) is 0. The number of thioether (sulfide) groups is 1. The lowest BCUT2D eigenvalue weighted by Crippen LogP contribution is -2.49. The van der Waals surface area contributed by atoms with Crippen LogP contribution in [0.2, 0.25) is 0 Å². The van der Waals surface area contributed by atoms with E-state index in [1.165, 1.54) is 0 Å². The number of rotatable bonds is 4. The minimum absolute atomic E-state index is 0.0204. The van der Waals surface area contributed by atoms with Crippen LogP contribution in [0.4, 0.5) is 0 Å². The standard InChI is InChI=1S/C22H25N3O2S/c1-22(2,3)21(27)25-15-28-14-18(25)20(26)24-23-19(16-10-6-4-7-11-16)17-12-8-5-9-13-17/h4-13,18H,14-15H2,1-3H3,(H,24,26). The number of carbonyl (C=O) groups is 2. The van der Waals surface area contributed by atoms with Gasteiger partial charge in [-0.1, -0.05) is 81.4 Å².